The molecule has 0 aromatic carbocycles. The van der Waals surface area contributed by atoms with Crippen LogP contribution in [0.25, 0.3) is 0 Å². The van der Waals surface area contributed by atoms with Gasteiger partial charge in [-0.3, -0.25) is 0 Å². The summed E-state index contributed by atoms with van der Waals surface area (Å²) in [5, 5.41) is 4.10. The Hall–Kier alpha value is -0.880. The molecule has 0 aliphatic heterocycles. The zero-order valence-electron chi connectivity index (χ0n) is 9.72. The number of aromatic nitrogens is 2. The number of thioether (sulfide) groups is 1. The third-order valence-electron chi connectivity index (χ3n) is 2.99. The van der Waals surface area contributed by atoms with E-state index >= 15 is 0 Å². The summed E-state index contributed by atoms with van der Waals surface area (Å²) in [6.45, 7) is 0. The van der Waals surface area contributed by atoms with Gasteiger partial charge in [0.15, 0.2) is 0 Å². The number of hydrogen-bond acceptors (Lipinski definition) is 5. The molecular formula is C11H16N4S2. The number of nitrogens with one attached hydrogen (secondary N) is 1. The van der Waals surface area contributed by atoms with Gasteiger partial charge >= 0.3 is 0 Å². The molecule has 0 amide bonds. The summed E-state index contributed by atoms with van der Waals surface area (Å²) in [5.41, 5.74) is 6.04. The predicted molar refractivity (Wildman–Crippen MR) is 76.5 cm³/mol. The van der Waals surface area contributed by atoms with E-state index in [4.69, 9.17) is 18.0 Å². The fourth-order valence-electron chi connectivity index (χ4n) is 2.09. The molecule has 2 atom stereocenters. The summed E-state index contributed by atoms with van der Waals surface area (Å²) in [7, 11) is 0. The number of thiocarbonyl (C=S) groups is 1. The third kappa shape index (κ3) is 3.07. The van der Waals surface area contributed by atoms with Crippen LogP contribution in [0.4, 0.5) is 5.82 Å². The predicted octanol–water partition coefficient (Wildman–Crippen LogP) is 1.81. The quantitative estimate of drug-likeness (QED) is 0.812. The van der Waals surface area contributed by atoms with Crippen molar-refractivity contribution in [2.75, 3.05) is 11.6 Å². The zero-order valence-corrected chi connectivity index (χ0v) is 11.4. The van der Waals surface area contributed by atoms with Crippen molar-refractivity contribution in [3.05, 3.63) is 18.1 Å². The summed E-state index contributed by atoms with van der Waals surface area (Å²) in [4.78, 5) is 8.74. The van der Waals surface area contributed by atoms with E-state index in [2.05, 4.69) is 21.5 Å². The number of anilines is 1. The van der Waals surface area contributed by atoms with Crippen LogP contribution in [0, 0.1) is 0 Å². The Morgan fingerprint density at radius 2 is 2.29 bits per heavy atom. The fraction of sp³-hybridized carbons (Fsp3) is 0.545. The van der Waals surface area contributed by atoms with Crippen LogP contribution in [0.15, 0.2) is 12.4 Å². The van der Waals surface area contributed by atoms with Gasteiger partial charge in [0.25, 0.3) is 0 Å². The molecule has 1 aliphatic rings. The van der Waals surface area contributed by atoms with Crippen LogP contribution in [-0.4, -0.2) is 32.5 Å². The normalized spacial score (nSPS) is 23.6. The molecule has 4 nitrogen and oxygen atoms in total. The number of hydrogen-bond donors (Lipinski definition) is 2. The van der Waals surface area contributed by atoms with Crippen molar-refractivity contribution in [1.82, 2.24) is 9.97 Å². The Morgan fingerprint density at radius 3 is 2.88 bits per heavy atom. The Morgan fingerprint density at radius 1 is 1.47 bits per heavy atom. The molecule has 3 N–H and O–H groups in total. The first-order valence-electron chi connectivity index (χ1n) is 5.62. The van der Waals surface area contributed by atoms with E-state index in [0.29, 0.717) is 17.0 Å². The van der Waals surface area contributed by atoms with Crippen LogP contribution < -0.4 is 11.1 Å². The zero-order chi connectivity index (χ0) is 12.3. The molecule has 17 heavy (non-hydrogen) atoms. The van der Waals surface area contributed by atoms with E-state index in [1.807, 2.05) is 11.8 Å². The number of rotatable bonds is 4. The molecule has 2 unspecified atom stereocenters. The van der Waals surface area contributed by atoms with Gasteiger partial charge in [0.2, 0.25) is 0 Å². The molecule has 1 heterocycles. The minimum atomic E-state index is 0.284. The molecule has 6 heteroatoms. The second-order valence-corrected chi connectivity index (χ2v) is 5.62. The Bertz CT molecular complexity index is 393. The van der Waals surface area contributed by atoms with E-state index in [1.54, 1.807) is 12.4 Å². The van der Waals surface area contributed by atoms with E-state index in [-0.39, 0.29) is 4.99 Å². The molecule has 1 aromatic rings. The van der Waals surface area contributed by atoms with E-state index in [1.165, 1.54) is 19.3 Å². The standard InChI is InChI=1S/C11H16N4S2/c1-17-9-4-2-3-7(9)15-10-6-13-8(5-14-10)11(12)16/h5-7,9H,2-4H2,1H3,(H2,12,16)(H,14,15). The number of nitrogens with zero attached hydrogens (tertiary/aromatic N) is 2. The lowest BCUT2D eigenvalue weighted by atomic mass is 10.2. The summed E-state index contributed by atoms with van der Waals surface area (Å²) in [5.74, 6) is 0.802. The van der Waals surface area contributed by atoms with Gasteiger partial charge in [0, 0.05) is 11.3 Å². The molecule has 0 radical (unpaired) electrons. The summed E-state index contributed by atoms with van der Waals surface area (Å²) < 4.78 is 0. The van der Waals surface area contributed by atoms with E-state index in [0.717, 1.165) is 5.82 Å². The fourth-order valence-corrected chi connectivity index (χ4v) is 3.13. The molecule has 0 bridgehead atoms. The third-order valence-corrected chi connectivity index (χ3v) is 4.37. The first kappa shape index (κ1) is 12.6. The summed E-state index contributed by atoms with van der Waals surface area (Å²) >= 11 is 6.75. The van der Waals surface area contributed by atoms with Crippen molar-refractivity contribution in [3.63, 3.8) is 0 Å². The Labute approximate surface area is 111 Å². The highest BCUT2D eigenvalue weighted by atomic mass is 32.2. The number of nitrogens with two attached hydrogens (primary N) is 1. The molecule has 92 valence electrons. The molecule has 1 saturated carbocycles. The monoisotopic (exact) mass is 268 g/mol. The van der Waals surface area contributed by atoms with Crippen molar-refractivity contribution in [1.29, 1.82) is 0 Å². The lowest BCUT2D eigenvalue weighted by Crippen LogP contribution is -2.26. The molecule has 1 aliphatic carbocycles. The molecule has 0 saturated heterocycles. The Balaban J connectivity index is 2.01. The van der Waals surface area contributed by atoms with Gasteiger partial charge in [-0.25, -0.2) is 9.97 Å². The van der Waals surface area contributed by atoms with Crippen LogP contribution in [0.3, 0.4) is 0 Å². The van der Waals surface area contributed by atoms with Gasteiger partial charge in [-0.05, 0) is 19.1 Å². The summed E-state index contributed by atoms with van der Waals surface area (Å²) in [6, 6.07) is 0.495. The first-order valence-corrected chi connectivity index (χ1v) is 7.31. The van der Waals surface area contributed by atoms with Crippen LogP contribution in [0.2, 0.25) is 0 Å². The van der Waals surface area contributed by atoms with Crippen molar-refractivity contribution in [2.24, 2.45) is 5.73 Å². The maximum Gasteiger partial charge on any atom is 0.144 e. The van der Waals surface area contributed by atoms with Crippen LogP contribution in [0.1, 0.15) is 25.0 Å². The highest BCUT2D eigenvalue weighted by Crippen LogP contribution is 2.30. The highest BCUT2D eigenvalue weighted by Gasteiger charge is 2.26. The van der Waals surface area contributed by atoms with E-state index in [9.17, 15) is 0 Å². The van der Waals surface area contributed by atoms with Gasteiger partial charge in [-0.2, -0.15) is 11.8 Å². The summed E-state index contributed by atoms with van der Waals surface area (Å²) in [6.07, 6.45) is 9.23. The second kappa shape index (κ2) is 5.64. The van der Waals surface area contributed by atoms with Gasteiger partial charge in [-0.15, -0.1) is 0 Å². The molecule has 2 rings (SSSR count). The lowest BCUT2D eigenvalue weighted by molar-refractivity contribution is 0.762. The lowest BCUT2D eigenvalue weighted by Gasteiger charge is -2.19. The molecule has 0 spiro atoms. The van der Waals surface area contributed by atoms with Crippen molar-refractivity contribution in [3.8, 4) is 0 Å². The maximum atomic E-state index is 5.48. The van der Waals surface area contributed by atoms with Gasteiger partial charge < -0.3 is 11.1 Å². The largest absolute Gasteiger partial charge is 0.388 e. The average Bonchev–Trinajstić information content (AvgIpc) is 2.77. The van der Waals surface area contributed by atoms with Crippen LogP contribution in [-0.2, 0) is 0 Å². The van der Waals surface area contributed by atoms with E-state index < -0.39 is 0 Å². The smallest absolute Gasteiger partial charge is 0.144 e. The Kier molecular flexibility index (Phi) is 4.17. The van der Waals surface area contributed by atoms with Crippen LogP contribution >= 0.6 is 24.0 Å². The van der Waals surface area contributed by atoms with Crippen molar-refractivity contribution in [2.45, 2.75) is 30.6 Å². The SMILES string of the molecule is CSC1CCCC1Nc1cnc(C(N)=S)cn1. The molecule has 1 aromatic heterocycles. The van der Waals surface area contributed by atoms with Crippen molar-refractivity contribution < 1.29 is 0 Å². The van der Waals surface area contributed by atoms with Crippen molar-refractivity contribution >= 4 is 34.8 Å². The topological polar surface area (TPSA) is 63.8 Å². The minimum Gasteiger partial charge on any atom is -0.388 e. The highest BCUT2D eigenvalue weighted by molar-refractivity contribution is 7.99. The maximum absolute atomic E-state index is 5.48. The molecular weight excluding hydrogens is 252 g/mol. The molecule has 1 fully saturated rings. The minimum absolute atomic E-state index is 0.284. The average molecular weight is 268 g/mol. The van der Waals surface area contributed by atoms with Gasteiger partial charge in [0.05, 0.1) is 12.4 Å². The van der Waals surface area contributed by atoms with Gasteiger partial charge in [-0.1, -0.05) is 18.6 Å². The first-order chi connectivity index (χ1) is 8.20. The second-order valence-electron chi connectivity index (χ2n) is 4.11. The van der Waals surface area contributed by atoms with Crippen LogP contribution in [0.5, 0.6) is 0 Å². The van der Waals surface area contributed by atoms with Gasteiger partial charge in [0.1, 0.15) is 16.5 Å².